The van der Waals surface area contributed by atoms with Gasteiger partial charge in [0.2, 0.25) is 5.82 Å². The van der Waals surface area contributed by atoms with Gasteiger partial charge in [-0.05, 0) is 30.2 Å². The number of nitrogens with zero attached hydrogens (tertiary/aromatic N) is 2. The molecule has 7 heteroatoms. The number of aromatic nitrogens is 1. The number of rotatable bonds is 5. The average molecular weight is 293 g/mol. The number of halogens is 1. The Hall–Kier alpha value is -2.34. The zero-order valence-electron chi connectivity index (χ0n) is 10.5. The number of hydrogen-bond donors (Lipinski definition) is 2. The first-order valence-corrected chi connectivity index (χ1v) is 6.33. The molecule has 1 aromatic carbocycles. The molecule has 0 amide bonds. The van der Waals surface area contributed by atoms with E-state index in [0.29, 0.717) is 17.4 Å². The van der Waals surface area contributed by atoms with Crippen molar-refractivity contribution in [1.29, 1.82) is 0 Å². The van der Waals surface area contributed by atoms with Crippen molar-refractivity contribution in [1.82, 2.24) is 4.98 Å². The highest BCUT2D eigenvalue weighted by molar-refractivity contribution is 6.30. The van der Waals surface area contributed by atoms with E-state index in [-0.39, 0.29) is 11.5 Å². The van der Waals surface area contributed by atoms with E-state index in [2.05, 4.69) is 10.3 Å². The molecular weight excluding hydrogens is 280 g/mol. The monoisotopic (exact) mass is 292 g/mol. The Morgan fingerprint density at radius 2 is 1.95 bits per heavy atom. The summed E-state index contributed by atoms with van der Waals surface area (Å²) in [5.74, 6) is 0.425. The predicted molar refractivity (Wildman–Crippen MR) is 78.9 cm³/mol. The zero-order chi connectivity index (χ0) is 14.5. The Morgan fingerprint density at radius 3 is 2.55 bits per heavy atom. The fraction of sp³-hybridized carbons (Fsp3) is 0.154. The standard InChI is InChI=1S/C13H13ClN4O2/c14-10-3-1-9(2-4-10)7-8-16-12-6-5-11(18(19)20)13(15)17-12/h1-6H,7-8H2,(H3,15,16,17). The van der Waals surface area contributed by atoms with Crippen LogP contribution in [0.4, 0.5) is 17.3 Å². The van der Waals surface area contributed by atoms with Crippen LogP contribution in [0.2, 0.25) is 5.02 Å². The summed E-state index contributed by atoms with van der Waals surface area (Å²) in [5.41, 5.74) is 6.46. The van der Waals surface area contributed by atoms with Gasteiger partial charge in [-0.15, -0.1) is 0 Å². The molecule has 0 bridgehead atoms. The third-order valence-corrected chi connectivity index (χ3v) is 2.98. The minimum absolute atomic E-state index is 0.0912. The van der Waals surface area contributed by atoms with E-state index in [1.54, 1.807) is 0 Å². The molecule has 0 saturated carbocycles. The van der Waals surface area contributed by atoms with Crippen molar-refractivity contribution in [3.05, 3.63) is 57.1 Å². The van der Waals surface area contributed by atoms with Crippen LogP contribution in [0.3, 0.4) is 0 Å². The lowest BCUT2D eigenvalue weighted by atomic mass is 10.1. The maximum atomic E-state index is 10.6. The number of nitro groups is 1. The largest absolute Gasteiger partial charge is 0.378 e. The van der Waals surface area contributed by atoms with Crippen LogP contribution < -0.4 is 11.1 Å². The van der Waals surface area contributed by atoms with Gasteiger partial charge in [0, 0.05) is 17.6 Å². The molecule has 3 N–H and O–H groups in total. The van der Waals surface area contributed by atoms with Gasteiger partial charge in [0.15, 0.2) is 0 Å². The summed E-state index contributed by atoms with van der Waals surface area (Å²) in [5, 5.41) is 14.4. The number of anilines is 2. The summed E-state index contributed by atoms with van der Waals surface area (Å²) in [6, 6.07) is 10.4. The van der Waals surface area contributed by atoms with E-state index >= 15 is 0 Å². The number of hydrogen-bond acceptors (Lipinski definition) is 5. The topological polar surface area (TPSA) is 94.1 Å². The highest BCUT2D eigenvalue weighted by atomic mass is 35.5. The molecule has 0 spiro atoms. The first-order chi connectivity index (χ1) is 9.56. The SMILES string of the molecule is Nc1nc(NCCc2ccc(Cl)cc2)ccc1[N+](=O)[O-]. The van der Waals surface area contributed by atoms with Crippen molar-refractivity contribution in [3.8, 4) is 0 Å². The van der Waals surface area contributed by atoms with Crippen LogP contribution in [0.15, 0.2) is 36.4 Å². The van der Waals surface area contributed by atoms with Crippen molar-refractivity contribution in [2.75, 3.05) is 17.6 Å². The number of nitrogens with one attached hydrogen (secondary N) is 1. The van der Waals surface area contributed by atoms with E-state index in [1.807, 2.05) is 24.3 Å². The summed E-state index contributed by atoms with van der Waals surface area (Å²) < 4.78 is 0. The zero-order valence-corrected chi connectivity index (χ0v) is 11.3. The third-order valence-electron chi connectivity index (χ3n) is 2.73. The number of benzene rings is 1. The minimum atomic E-state index is -0.556. The van der Waals surface area contributed by atoms with E-state index in [4.69, 9.17) is 17.3 Å². The molecule has 0 aliphatic heterocycles. The van der Waals surface area contributed by atoms with Crippen LogP contribution >= 0.6 is 11.6 Å². The third kappa shape index (κ3) is 3.58. The molecule has 1 aromatic heterocycles. The molecule has 0 unspecified atom stereocenters. The van der Waals surface area contributed by atoms with Crippen LogP contribution in [0.1, 0.15) is 5.56 Å². The van der Waals surface area contributed by atoms with E-state index in [9.17, 15) is 10.1 Å². The minimum Gasteiger partial charge on any atom is -0.378 e. The number of pyridine rings is 1. The van der Waals surface area contributed by atoms with Crippen LogP contribution in [0.25, 0.3) is 0 Å². The number of nitrogens with two attached hydrogens (primary N) is 1. The van der Waals surface area contributed by atoms with E-state index < -0.39 is 4.92 Å². The van der Waals surface area contributed by atoms with E-state index in [1.165, 1.54) is 12.1 Å². The molecule has 6 nitrogen and oxygen atoms in total. The van der Waals surface area contributed by atoms with Crippen molar-refractivity contribution in [2.45, 2.75) is 6.42 Å². The Bertz CT molecular complexity index is 616. The van der Waals surface area contributed by atoms with Gasteiger partial charge < -0.3 is 11.1 Å². The van der Waals surface area contributed by atoms with Gasteiger partial charge in [0.1, 0.15) is 5.82 Å². The van der Waals surface area contributed by atoms with Crippen molar-refractivity contribution >= 4 is 28.9 Å². The molecule has 0 atom stereocenters. The fourth-order valence-corrected chi connectivity index (χ4v) is 1.83. The maximum Gasteiger partial charge on any atom is 0.311 e. The van der Waals surface area contributed by atoms with Gasteiger partial charge in [-0.1, -0.05) is 23.7 Å². The molecule has 1 heterocycles. The lowest BCUT2D eigenvalue weighted by molar-refractivity contribution is -0.384. The Morgan fingerprint density at radius 1 is 1.25 bits per heavy atom. The van der Waals surface area contributed by atoms with E-state index in [0.717, 1.165) is 12.0 Å². The van der Waals surface area contributed by atoms with Crippen molar-refractivity contribution < 1.29 is 4.92 Å². The molecule has 2 rings (SSSR count). The lowest BCUT2D eigenvalue weighted by Gasteiger charge is -2.06. The summed E-state index contributed by atoms with van der Waals surface area (Å²) >= 11 is 5.80. The van der Waals surface area contributed by atoms with Gasteiger partial charge in [0.25, 0.3) is 0 Å². The molecule has 0 radical (unpaired) electrons. The second-order valence-corrected chi connectivity index (χ2v) is 4.60. The van der Waals surface area contributed by atoms with Gasteiger partial charge in [-0.25, -0.2) is 4.98 Å². The average Bonchev–Trinajstić information content (AvgIpc) is 2.41. The van der Waals surface area contributed by atoms with Gasteiger partial charge >= 0.3 is 5.69 Å². The molecular formula is C13H13ClN4O2. The highest BCUT2D eigenvalue weighted by Gasteiger charge is 2.12. The molecule has 0 fully saturated rings. The molecule has 104 valence electrons. The highest BCUT2D eigenvalue weighted by Crippen LogP contribution is 2.20. The van der Waals surface area contributed by atoms with Crippen LogP contribution in [-0.2, 0) is 6.42 Å². The number of nitrogen functional groups attached to an aromatic ring is 1. The Labute approximate surface area is 120 Å². The maximum absolute atomic E-state index is 10.6. The summed E-state index contributed by atoms with van der Waals surface area (Å²) in [6.07, 6.45) is 0.787. The first-order valence-electron chi connectivity index (χ1n) is 5.95. The summed E-state index contributed by atoms with van der Waals surface area (Å²) in [4.78, 5) is 14.0. The molecule has 0 aliphatic rings. The van der Waals surface area contributed by atoms with Crippen molar-refractivity contribution in [3.63, 3.8) is 0 Å². The molecule has 20 heavy (non-hydrogen) atoms. The second kappa shape index (κ2) is 6.21. The first kappa shape index (κ1) is 14.1. The molecule has 0 saturated heterocycles. The summed E-state index contributed by atoms with van der Waals surface area (Å²) in [6.45, 7) is 0.645. The Balaban J connectivity index is 1.92. The van der Waals surface area contributed by atoms with Gasteiger partial charge in [0.05, 0.1) is 4.92 Å². The normalized spacial score (nSPS) is 10.2. The summed E-state index contributed by atoms with van der Waals surface area (Å²) in [7, 11) is 0. The van der Waals surface area contributed by atoms with Crippen LogP contribution in [0, 0.1) is 10.1 Å². The lowest BCUT2D eigenvalue weighted by Crippen LogP contribution is -2.08. The second-order valence-electron chi connectivity index (χ2n) is 4.16. The quantitative estimate of drug-likeness (QED) is 0.653. The Kier molecular flexibility index (Phi) is 4.37. The predicted octanol–water partition coefficient (Wildman–Crippen LogP) is 2.88. The van der Waals surface area contributed by atoms with Crippen LogP contribution in [-0.4, -0.2) is 16.5 Å². The van der Waals surface area contributed by atoms with Crippen molar-refractivity contribution in [2.24, 2.45) is 0 Å². The van der Waals surface area contributed by atoms with Crippen LogP contribution in [0.5, 0.6) is 0 Å². The molecule has 2 aromatic rings. The molecule has 0 aliphatic carbocycles. The van der Waals surface area contributed by atoms with Gasteiger partial charge in [-0.3, -0.25) is 10.1 Å². The van der Waals surface area contributed by atoms with Gasteiger partial charge in [-0.2, -0.15) is 0 Å². The fourth-order valence-electron chi connectivity index (χ4n) is 1.71. The smallest absolute Gasteiger partial charge is 0.311 e.